The van der Waals surface area contributed by atoms with Gasteiger partial charge in [-0.3, -0.25) is 14.5 Å². The number of carboxylic acids is 1. The Hall–Kier alpha value is -2.64. The Morgan fingerprint density at radius 2 is 1.93 bits per heavy atom. The lowest BCUT2D eigenvalue weighted by molar-refractivity contribution is -0.137. The molecule has 142 valence electrons. The van der Waals surface area contributed by atoms with Gasteiger partial charge in [0.1, 0.15) is 4.32 Å². The van der Waals surface area contributed by atoms with Crippen molar-refractivity contribution in [2.75, 3.05) is 6.54 Å². The highest BCUT2D eigenvalue weighted by Crippen LogP contribution is 2.34. The van der Waals surface area contributed by atoms with E-state index in [9.17, 15) is 9.59 Å². The number of aryl methyl sites for hydroxylation is 1. The van der Waals surface area contributed by atoms with E-state index < -0.39 is 5.97 Å². The van der Waals surface area contributed by atoms with E-state index in [2.05, 4.69) is 28.8 Å². The molecule has 0 atom stereocenters. The number of aromatic nitrogens is 1. The Morgan fingerprint density at radius 1 is 1.18 bits per heavy atom. The molecule has 0 spiro atoms. The summed E-state index contributed by atoms with van der Waals surface area (Å²) in [6.45, 7) is 0.330. The van der Waals surface area contributed by atoms with Gasteiger partial charge in [0, 0.05) is 41.8 Å². The maximum absolute atomic E-state index is 12.7. The van der Waals surface area contributed by atoms with E-state index in [-0.39, 0.29) is 12.3 Å². The Balaban J connectivity index is 1.64. The van der Waals surface area contributed by atoms with Gasteiger partial charge in [-0.25, -0.2) is 0 Å². The number of thiocarbonyl (C=S) groups is 1. The molecule has 3 aromatic rings. The molecule has 1 aliphatic rings. The summed E-state index contributed by atoms with van der Waals surface area (Å²) in [6.07, 6.45) is 2.27. The Morgan fingerprint density at radius 3 is 2.71 bits per heavy atom. The van der Waals surface area contributed by atoms with E-state index in [4.69, 9.17) is 17.3 Å². The van der Waals surface area contributed by atoms with Gasteiger partial charge in [-0.15, -0.1) is 0 Å². The average Bonchev–Trinajstić information content (AvgIpc) is 3.10. The number of aliphatic carboxylic acids is 1. The van der Waals surface area contributed by atoms with Crippen molar-refractivity contribution in [2.24, 2.45) is 7.05 Å². The van der Waals surface area contributed by atoms with Gasteiger partial charge >= 0.3 is 5.97 Å². The quantitative estimate of drug-likeness (QED) is 0.499. The van der Waals surface area contributed by atoms with Crippen molar-refractivity contribution < 1.29 is 14.7 Å². The smallest absolute Gasteiger partial charge is 0.303 e. The topological polar surface area (TPSA) is 62.5 Å². The van der Waals surface area contributed by atoms with Crippen molar-refractivity contribution in [1.82, 2.24) is 9.47 Å². The number of carbonyl (C=O) groups excluding carboxylic acids is 1. The SMILES string of the molecule is Cn1c2ccccc2c2cc(C=C3SC(=S)N(CCCC(=O)O)C3=O)ccc21. The number of amides is 1. The highest BCUT2D eigenvalue weighted by atomic mass is 32.2. The van der Waals surface area contributed by atoms with Crippen molar-refractivity contribution in [3.05, 3.63) is 52.9 Å². The van der Waals surface area contributed by atoms with Gasteiger partial charge in [0.15, 0.2) is 0 Å². The van der Waals surface area contributed by atoms with E-state index >= 15 is 0 Å². The Kier molecular flexibility index (Phi) is 4.95. The molecule has 0 saturated carbocycles. The van der Waals surface area contributed by atoms with Crippen molar-refractivity contribution in [3.8, 4) is 0 Å². The van der Waals surface area contributed by atoms with Crippen LogP contribution in [0.3, 0.4) is 0 Å². The number of fused-ring (bicyclic) bond motifs is 3. The van der Waals surface area contributed by atoms with E-state index in [1.807, 2.05) is 31.3 Å². The zero-order chi connectivity index (χ0) is 19.8. The molecule has 0 radical (unpaired) electrons. The van der Waals surface area contributed by atoms with Gasteiger partial charge in [-0.1, -0.05) is 48.2 Å². The maximum atomic E-state index is 12.7. The summed E-state index contributed by atoms with van der Waals surface area (Å²) in [4.78, 5) is 25.4. The first-order chi connectivity index (χ1) is 13.5. The lowest BCUT2D eigenvalue weighted by atomic mass is 10.1. The molecule has 2 heterocycles. The monoisotopic (exact) mass is 410 g/mol. The Bertz CT molecular complexity index is 1160. The third-order valence-corrected chi connectivity index (χ3v) is 6.26. The van der Waals surface area contributed by atoms with Crippen LogP contribution in [-0.4, -0.2) is 37.3 Å². The highest BCUT2D eigenvalue weighted by molar-refractivity contribution is 8.26. The highest BCUT2D eigenvalue weighted by Gasteiger charge is 2.31. The zero-order valence-electron chi connectivity index (χ0n) is 15.2. The molecule has 1 saturated heterocycles. The average molecular weight is 411 g/mol. The molecule has 0 bridgehead atoms. The van der Waals surface area contributed by atoms with Crippen LogP contribution in [0, 0.1) is 0 Å². The number of nitrogens with zero attached hydrogens (tertiary/aromatic N) is 2. The fourth-order valence-corrected chi connectivity index (χ4v) is 4.82. The van der Waals surface area contributed by atoms with Crippen LogP contribution in [-0.2, 0) is 16.6 Å². The second kappa shape index (κ2) is 7.41. The lowest BCUT2D eigenvalue weighted by Gasteiger charge is -2.13. The number of hydrogen-bond acceptors (Lipinski definition) is 4. The minimum atomic E-state index is -0.871. The van der Waals surface area contributed by atoms with Crippen LogP contribution < -0.4 is 0 Å². The van der Waals surface area contributed by atoms with Crippen LogP contribution in [0.4, 0.5) is 0 Å². The van der Waals surface area contributed by atoms with Crippen molar-refractivity contribution in [3.63, 3.8) is 0 Å². The fraction of sp³-hybridized carbons (Fsp3) is 0.190. The van der Waals surface area contributed by atoms with Crippen LogP contribution in [0.15, 0.2) is 47.4 Å². The van der Waals surface area contributed by atoms with Crippen molar-refractivity contribution in [1.29, 1.82) is 0 Å². The number of thioether (sulfide) groups is 1. The summed E-state index contributed by atoms with van der Waals surface area (Å²) in [7, 11) is 2.05. The normalized spacial score (nSPS) is 16.0. The number of para-hydroxylation sites is 1. The van der Waals surface area contributed by atoms with Crippen LogP contribution in [0.1, 0.15) is 18.4 Å². The molecule has 28 heavy (non-hydrogen) atoms. The van der Waals surface area contributed by atoms with Gasteiger partial charge in [0.25, 0.3) is 5.91 Å². The number of hydrogen-bond donors (Lipinski definition) is 1. The fourth-order valence-electron chi connectivity index (χ4n) is 3.51. The summed E-state index contributed by atoms with van der Waals surface area (Å²) in [5, 5.41) is 11.1. The molecular formula is C21H18N2O3S2. The molecule has 1 amide bonds. The van der Waals surface area contributed by atoms with Gasteiger partial charge in [-0.2, -0.15) is 0 Å². The predicted octanol–water partition coefficient (Wildman–Crippen LogP) is 4.40. The van der Waals surface area contributed by atoms with Gasteiger partial charge in [0.2, 0.25) is 0 Å². The van der Waals surface area contributed by atoms with Crippen LogP contribution >= 0.6 is 24.0 Å². The van der Waals surface area contributed by atoms with E-state index in [1.165, 1.54) is 27.6 Å². The number of carbonyl (C=O) groups is 2. The summed E-state index contributed by atoms with van der Waals surface area (Å²) in [5.74, 6) is -1.03. The second-order valence-electron chi connectivity index (χ2n) is 6.68. The maximum Gasteiger partial charge on any atom is 0.303 e. The summed E-state index contributed by atoms with van der Waals surface area (Å²) in [6, 6.07) is 14.4. The predicted molar refractivity (Wildman–Crippen MR) is 117 cm³/mol. The lowest BCUT2D eigenvalue weighted by Crippen LogP contribution is -2.29. The molecule has 0 unspecified atom stereocenters. The van der Waals surface area contributed by atoms with Crippen LogP contribution in [0.5, 0.6) is 0 Å². The Labute approximate surface area is 171 Å². The van der Waals surface area contributed by atoms with Crippen LogP contribution in [0.2, 0.25) is 0 Å². The van der Waals surface area contributed by atoms with Crippen LogP contribution in [0.25, 0.3) is 27.9 Å². The van der Waals surface area contributed by atoms with Crippen molar-refractivity contribution in [2.45, 2.75) is 12.8 Å². The van der Waals surface area contributed by atoms with E-state index in [0.717, 1.165) is 16.5 Å². The number of rotatable bonds is 5. The molecule has 1 fully saturated rings. The first-order valence-corrected chi connectivity index (χ1v) is 10.1. The minimum Gasteiger partial charge on any atom is -0.481 e. The van der Waals surface area contributed by atoms with E-state index in [1.54, 1.807) is 0 Å². The van der Waals surface area contributed by atoms with Crippen molar-refractivity contribution >= 4 is 68.1 Å². The third-order valence-electron chi connectivity index (χ3n) is 4.88. The summed E-state index contributed by atoms with van der Waals surface area (Å²) < 4.78 is 2.64. The van der Waals surface area contributed by atoms with Gasteiger partial charge in [-0.05, 0) is 36.3 Å². The molecule has 2 aromatic carbocycles. The second-order valence-corrected chi connectivity index (χ2v) is 8.36. The zero-order valence-corrected chi connectivity index (χ0v) is 16.8. The summed E-state index contributed by atoms with van der Waals surface area (Å²) in [5.41, 5.74) is 3.24. The molecule has 7 heteroatoms. The number of carboxylic acid groups (broad SMARTS) is 1. The molecule has 1 N–H and O–H groups in total. The largest absolute Gasteiger partial charge is 0.481 e. The first-order valence-electron chi connectivity index (χ1n) is 8.90. The standard InChI is InChI=1S/C21H18N2O3S2/c1-22-16-6-3-2-5-14(16)15-11-13(8-9-17(15)22)12-18-20(26)23(21(27)28-18)10-4-7-19(24)25/h2-3,5-6,8-9,11-12H,4,7,10H2,1H3,(H,24,25). The number of benzene rings is 2. The minimum absolute atomic E-state index is 0.0217. The molecule has 0 aliphatic carbocycles. The molecule has 5 nitrogen and oxygen atoms in total. The molecule has 4 rings (SSSR count). The summed E-state index contributed by atoms with van der Waals surface area (Å²) >= 11 is 6.58. The van der Waals surface area contributed by atoms with Gasteiger partial charge in [0.05, 0.1) is 4.91 Å². The van der Waals surface area contributed by atoms with E-state index in [0.29, 0.717) is 22.2 Å². The third kappa shape index (κ3) is 3.31. The van der Waals surface area contributed by atoms with Gasteiger partial charge < -0.3 is 9.67 Å². The molecular weight excluding hydrogens is 392 g/mol. The molecule has 1 aromatic heterocycles. The first kappa shape index (κ1) is 18.7. The molecule has 1 aliphatic heterocycles.